The summed E-state index contributed by atoms with van der Waals surface area (Å²) in [6.45, 7) is 0. The predicted octanol–water partition coefficient (Wildman–Crippen LogP) is 0.677. The molecule has 0 aromatic rings. The van der Waals surface area contributed by atoms with Crippen molar-refractivity contribution in [1.82, 2.24) is 0 Å². The molecule has 2 fully saturated rings. The fourth-order valence-electron chi connectivity index (χ4n) is 2.65. The minimum atomic E-state index is -0.606. The van der Waals surface area contributed by atoms with Crippen molar-refractivity contribution in [3.63, 3.8) is 0 Å². The van der Waals surface area contributed by atoms with Crippen LogP contribution < -0.4 is 5.73 Å². The molecule has 0 spiro atoms. The van der Waals surface area contributed by atoms with E-state index >= 15 is 0 Å². The first kappa shape index (κ1) is 8.05. The van der Waals surface area contributed by atoms with Gasteiger partial charge in [0.05, 0.1) is 7.11 Å². The zero-order valence-corrected chi connectivity index (χ0v) is 7.38. The van der Waals surface area contributed by atoms with Crippen LogP contribution in [0.25, 0.3) is 0 Å². The van der Waals surface area contributed by atoms with E-state index < -0.39 is 5.54 Å². The lowest BCUT2D eigenvalue weighted by Crippen LogP contribution is -2.37. The third-order valence-corrected chi connectivity index (χ3v) is 3.42. The number of rotatable bonds is 1. The van der Waals surface area contributed by atoms with Gasteiger partial charge in [0.15, 0.2) is 0 Å². The lowest BCUT2D eigenvalue weighted by molar-refractivity contribution is -0.144. The van der Waals surface area contributed by atoms with E-state index in [2.05, 4.69) is 0 Å². The molecule has 3 atom stereocenters. The second-order valence-electron chi connectivity index (χ2n) is 3.92. The van der Waals surface area contributed by atoms with Gasteiger partial charge in [-0.2, -0.15) is 0 Å². The first-order chi connectivity index (χ1) is 5.71. The minimum absolute atomic E-state index is 0.209. The number of esters is 1. The molecule has 1 unspecified atom stereocenters. The van der Waals surface area contributed by atoms with Gasteiger partial charge < -0.3 is 10.5 Å². The van der Waals surface area contributed by atoms with Crippen LogP contribution in [0.5, 0.6) is 0 Å². The molecule has 0 bridgehead atoms. The number of methoxy groups -OCH3 is 1. The number of carbonyl (C=O) groups is 1. The minimum Gasteiger partial charge on any atom is -0.468 e. The molecule has 0 aliphatic heterocycles. The maximum Gasteiger partial charge on any atom is 0.326 e. The quantitative estimate of drug-likeness (QED) is 0.587. The van der Waals surface area contributed by atoms with Crippen LogP contribution in [-0.4, -0.2) is 18.6 Å². The summed E-state index contributed by atoms with van der Waals surface area (Å²) in [5.74, 6) is 0.622. The maximum absolute atomic E-state index is 11.3. The zero-order chi connectivity index (χ0) is 8.77. The second-order valence-corrected chi connectivity index (χ2v) is 3.92. The van der Waals surface area contributed by atoms with E-state index in [9.17, 15) is 4.79 Å². The van der Waals surface area contributed by atoms with Crippen molar-refractivity contribution in [2.75, 3.05) is 7.11 Å². The van der Waals surface area contributed by atoms with Crippen molar-refractivity contribution >= 4 is 5.97 Å². The summed E-state index contributed by atoms with van der Waals surface area (Å²) in [6.07, 6.45) is 4.65. The van der Waals surface area contributed by atoms with E-state index in [1.54, 1.807) is 0 Å². The van der Waals surface area contributed by atoms with Gasteiger partial charge >= 0.3 is 5.97 Å². The number of ether oxygens (including phenoxy) is 1. The topological polar surface area (TPSA) is 52.3 Å². The Balaban J connectivity index is 2.10. The number of hydrogen-bond donors (Lipinski definition) is 1. The van der Waals surface area contributed by atoms with Crippen LogP contribution in [0.2, 0.25) is 0 Å². The average Bonchev–Trinajstić information content (AvgIpc) is 2.74. The number of fused-ring (bicyclic) bond motifs is 1. The normalized spacial score (nSPS) is 44.8. The molecule has 0 amide bonds. The highest BCUT2D eigenvalue weighted by Crippen LogP contribution is 2.57. The maximum atomic E-state index is 11.3. The van der Waals surface area contributed by atoms with E-state index in [1.807, 2.05) is 0 Å². The third kappa shape index (κ3) is 0.829. The van der Waals surface area contributed by atoms with E-state index in [4.69, 9.17) is 10.5 Å². The highest BCUT2D eigenvalue weighted by Gasteiger charge is 2.67. The number of carbonyl (C=O) groups excluding carboxylic acids is 1. The highest BCUT2D eigenvalue weighted by atomic mass is 16.5. The molecule has 2 N–H and O–H groups in total. The summed E-state index contributed by atoms with van der Waals surface area (Å²) in [7, 11) is 1.42. The van der Waals surface area contributed by atoms with Gasteiger partial charge in [-0.3, -0.25) is 4.79 Å². The zero-order valence-electron chi connectivity index (χ0n) is 7.38. The molecule has 0 heterocycles. The van der Waals surface area contributed by atoms with Gasteiger partial charge in [0.1, 0.15) is 5.54 Å². The fourth-order valence-corrected chi connectivity index (χ4v) is 2.65. The van der Waals surface area contributed by atoms with Crippen molar-refractivity contribution in [3.05, 3.63) is 0 Å². The SMILES string of the molecule is COC(=O)C1(N)[C@@H]2CCCC[C@@H]21. The average molecular weight is 169 g/mol. The van der Waals surface area contributed by atoms with Crippen LogP contribution in [0.15, 0.2) is 0 Å². The molecule has 2 saturated carbocycles. The molecule has 0 radical (unpaired) electrons. The Hall–Kier alpha value is -0.570. The fraction of sp³-hybridized carbons (Fsp3) is 0.889. The van der Waals surface area contributed by atoms with E-state index in [0.29, 0.717) is 11.8 Å². The van der Waals surface area contributed by atoms with Crippen molar-refractivity contribution in [1.29, 1.82) is 0 Å². The molecule has 0 saturated heterocycles. The lowest BCUT2D eigenvalue weighted by Gasteiger charge is -2.07. The van der Waals surface area contributed by atoms with E-state index in [-0.39, 0.29) is 5.97 Å². The van der Waals surface area contributed by atoms with Crippen molar-refractivity contribution in [3.8, 4) is 0 Å². The summed E-state index contributed by atoms with van der Waals surface area (Å²) in [5.41, 5.74) is 5.37. The van der Waals surface area contributed by atoms with Gasteiger partial charge in [0.25, 0.3) is 0 Å². The molecule has 12 heavy (non-hydrogen) atoms. The Morgan fingerprint density at radius 1 is 1.42 bits per heavy atom. The molecule has 0 aromatic heterocycles. The van der Waals surface area contributed by atoms with Crippen molar-refractivity contribution < 1.29 is 9.53 Å². The van der Waals surface area contributed by atoms with Crippen LogP contribution in [-0.2, 0) is 9.53 Å². The Labute approximate surface area is 72.3 Å². The third-order valence-electron chi connectivity index (χ3n) is 3.42. The number of hydrogen-bond acceptors (Lipinski definition) is 3. The molecule has 2 aliphatic carbocycles. The molecule has 0 aromatic carbocycles. The van der Waals surface area contributed by atoms with Gasteiger partial charge in [-0.05, 0) is 24.7 Å². The summed E-state index contributed by atoms with van der Waals surface area (Å²) in [4.78, 5) is 11.3. The molecular formula is C9H15NO2. The van der Waals surface area contributed by atoms with Crippen LogP contribution >= 0.6 is 0 Å². The molecule has 2 aliphatic rings. The lowest BCUT2D eigenvalue weighted by atomic mass is 10.0. The second kappa shape index (κ2) is 2.46. The summed E-state index contributed by atoms with van der Waals surface area (Å²) >= 11 is 0. The van der Waals surface area contributed by atoms with Gasteiger partial charge in [-0.1, -0.05) is 12.8 Å². The largest absolute Gasteiger partial charge is 0.468 e. The Bertz CT molecular complexity index is 203. The van der Waals surface area contributed by atoms with Crippen molar-refractivity contribution in [2.45, 2.75) is 31.2 Å². The van der Waals surface area contributed by atoms with E-state index in [0.717, 1.165) is 12.8 Å². The van der Waals surface area contributed by atoms with Crippen LogP contribution in [0.4, 0.5) is 0 Å². The van der Waals surface area contributed by atoms with Gasteiger partial charge in [0.2, 0.25) is 0 Å². The first-order valence-electron chi connectivity index (χ1n) is 4.58. The van der Waals surface area contributed by atoms with Gasteiger partial charge in [0, 0.05) is 0 Å². The molecular weight excluding hydrogens is 154 g/mol. The monoisotopic (exact) mass is 169 g/mol. The van der Waals surface area contributed by atoms with Crippen LogP contribution in [0, 0.1) is 11.8 Å². The van der Waals surface area contributed by atoms with Crippen LogP contribution in [0.3, 0.4) is 0 Å². The molecule has 68 valence electrons. The first-order valence-corrected chi connectivity index (χ1v) is 4.58. The molecule has 3 nitrogen and oxygen atoms in total. The smallest absolute Gasteiger partial charge is 0.326 e. The summed E-state index contributed by atoms with van der Waals surface area (Å²) < 4.78 is 4.71. The predicted molar refractivity (Wildman–Crippen MR) is 44.4 cm³/mol. The Morgan fingerprint density at radius 3 is 2.33 bits per heavy atom. The summed E-state index contributed by atoms with van der Waals surface area (Å²) in [5, 5.41) is 0. The van der Waals surface area contributed by atoms with Gasteiger partial charge in [-0.15, -0.1) is 0 Å². The Morgan fingerprint density at radius 2 is 1.92 bits per heavy atom. The van der Waals surface area contributed by atoms with Crippen LogP contribution in [0.1, 0.15) is 25.7 Å². The van der Waals surface area contributed by atoms with E-state index in [1.165, 1.54) is 20.0 Å². The Kier molecular flexibility index (Phi) is 1.65. The highest BCUT2D eigenvalue weighted by molar-refractivity contribution is 5.85. The van der Waals surface area contributed by atoms with Gasteiger partial charge in [-0.25, -0.2) is 0 Å². The molecule has 3 heteroatoms. The summed E-state index contributed by atoms with van der Waals surface area (Å²) in [6, 6.07) is 0. The standard InChI is InChI=1S/C9H15NO2/c1-12-8(11)9(10)6-4-2-3-5-7(6)9/h6-7H,2-5,10H2,1H3/t6-,7+,9?. The molecule has 2 rings (SSSR count). The number of nitrogens with two attached hydrogens (primary N) is 1. The van der Waals surface area contributed by atoms with Crippen molar-refractivity contribution in [2.24, 2.45) is 17.6 Å².